The third-order valence-corrected chi connectivity index (χ3v) is 2.58. The Morgan fingerprint density at radius 1 is 1.36 bits per heavy atom. The average Bonchev–Trinajstić information content (AvgIpc) is 2.81. The Kier molecular flexibility index (Phi) is 12.0. The molecule has 1 saturated heterocycles. The molecule has 0 bridgehead atoms. The number of amides is 1. The van der Waals surface area contributed by atoms with Gasteiger partial charge in [-0.1, -0.05) is 0 Å². The number of carbonyl (C=O) groups is 3. The highest BCUT2D eigenvalue weighted by Crippen LogP contribution is 2.05. The Morgan fingerprint density at radius 2 is 1.95 bits per heavy atom. The lowest BCUT2D eigenvalue weighted by Gasteiger charge is -2.03. The Morgan fingerprint density at radius 3 is 2.27 bits per heavy atom. The number of nitrogens with one attached hydrogen (secondary N) is 1. The molecule has 0 aliphatic carbocycles. The molecule has 1 fully saturated rings. The average molecular weight is 330 g/mol. The fourth-order valence-corrected chi connectivity index (χ4v) is 1.44. The van der Waals surface area contributed by atoms with Gasteiger partial charge in [-0.3, -0.25) is 14.6 Å². The van der Waals surface area contributed by atoms with E-state index in [4.69, 9.17) is 27.4 Å². The van der Waals surface area contributed by atoms with Gasteiger partial charge < -0.3 is 32.7 Å². The molecule has 10 nitrogen and oxygen atoms in total. The molecule has 0 aromatic rings. The lowest BCUT2D eigenvalue weighted by molar-refractivity contribution is -0.140. The van der Waals surface area contributed by atoms with Crippen molar-refractivity contribution in [2.45, 2.75) is 37.8 Å². The zero-order chi connectivity index (χ0) is 16.4. The summed E-state index contributed by atoms with van der Waals surface area (Å²) in [5.74, 6) is -2.10. The van der Waals surface area contributed by atoms with Gasteiger partial charge in [0.2, 0.25) is 5.91 Å². The summed E-state index contributed by atoms with van der Waals surface area (Å²) >= 11 is 0. The van der Waals surface area contributed by atoms with Crippen LogP contribution in [0.1, 0.15) is 25.7 Å². The van der Waals surface area contributed by atoms with E-state index < -0.39 is 24.0 Å². The molecular formula is C11H21AlN5O5. The Bertz CT molecular complexity index is 414. The number of rotatable bonds is 6. The second-order valence-electron chi connectivity index (χ2n) is 4.39. The van der Waals surface area contributed by atoms with Crippen molar-refractivity contribution in [3.63, 3.8) is 0 Å². The van der Waals surface area contributed by atoms with Crippen LogP contribution in [0.3, 0.4) is 0 Å². The minimum Gasteiger partial charge on any atom is -0.480 e. The van der Waals surface area contributed by atoms with Crippen LogP contribution in [-0.4, -0.2) is 70.0 Å². The maximum Gasteiger partial charge on any atom is 0.326 e. The van der Waals surface area contributed by atoms with Crippen molar-refractivity contribution >= 4 is 41.2 Å². The van der Waals surface area contributed by atoms with E-state index >= 15 is 0 Å². The first kappa shape index (κ1) is 22.5. The summed E-state index contributed by atoms with van der Waals surface area (Å²) in [6.07, 6.45) is 1.72. The minimum absolute atomic E-state index is 0. The molecule has 1 aliphatic rings. The molecule has 2 atom stereocenters. The Hall–Kier alpha value is -1.83. The molecule has 3 radical (unpaired) electrons. The van der Waals surface area contributed by atoms with Gasteiger partial charge >= 0.3 is 11.9 Å². The third-order valence-electron chi connectivity index (χ3n) is 2.58. The molecule has 1 heterocycles. The van der Waals surface area contributed by atoms with Gasteiger partial charge in [0.1, 0.15) is 12.1 Å². The number of aliphatic carboxylic acids is 2. The fraction of sp³-hybridized carbons (Fsp3) is 0.636. The van der Waals surface area contributed by atoms with Crippen molar-refractivity contribution in [2.24, 2.45) is 22.2 Å². The summed E-state index contributed by atoms with van der Waals surface area (Å²) in [4.78, 5) is 34.4. The highest BCUT2D eigenvalue weighted by Gasteiger charge is 2.26. The van der Waals surface area contributed by atoms with Gasteiger partial charge in [0.05, 0.1) is 0 Å². The summed E-state index contributed by atoms with van der Waals surface area (Å²) in [6, 6.07) is -1.46. The number of carboxylic acids is 2. The molecule has 0 saturated carbocycles. The Balaban J connectivity index is 0. The third kappa shape index (κ3) is 10.9. The fourth-order valence-electron chi connectivity index (χ4n) is 1.44. The predicted molar refractivity (Wildman–Crippen MR) is 80.1 cm³/mol. The van der Waals surface area contributed by atoms with E-state index in [1.54, 1.807) is 0 Å². The van der Waals surface area contributed by atoms with Gasteiger partial charge in [0, 0.05) is 30.3 Å². The SMILES string of the molecule is NC(N)=NCCC[C@H](N)C(=O)O.O=C1CCC(C(=O)O)N1.[Al]. The van der Waals surface area contributed by atoms with Gasteiger partial charge in [-0.2, -0.15) is 0 Å². The van der Waals surface area contributed by atoms with Crippen LogP contribution in [0.15, 0.2) is 4.99 Å². The van der Waals surface area contributed by atoms with Crippen molar-refractivity contribution < 1.29 is 24.6 Å². The number of guanidine groups is 1. The van der Waals surface area contributed by atoms with Crippen molar-refractivity contribution in [3.8, 4) is 0 Å². The van der Waals surface area contributed by atoms with Gasteiger partial charge in [-0.05, 0) is 19.3 Å². The summed E-state index contributed by atoms with van der Waals surface area (Å²) < 4.78 is 0. The van der Waals surface area contributed by atoms with Gasteiger partial charge in [-0.25, -0.2) is 4.79 Å². The van der Waals surface area contributed by atoms with E-state index in [0.29, 0.717) is 32.2 Å². The molecular weight excluding hydrogens is 309 g/mol. The summed E-state index contributed by atoms with van der Waals surface area (Å²) in [6.45, 7) is 0.420. The van der Waals surface area contributed by atoms with Gasteiger partial charge in [0.25, 0.3) is 0 Å². The van der Waals surface area contributed by atoms with Crippen LogP contribution < -0.4 is 22.5 Å². The van der Waals surface area contributed by atoms with Crippen LogP contribution in [-0.2, 0) is 14.4 Å². The van der Waals surface area contributed by atoms with E-state index in [1.807, 2.05) is 0 Å². The lowest BCUT2D eigenvalue weighted by Crippen LogP contribution is -2.32. The molecule has 22 heavy (non-hydrogen) atoms. The normalized spacial score (nSPS) is 17.1. The number of carbonyl (C=O) groups excluding carboxylic acids is 1. The quantitative estimate of drug-likeness (QED) is 0.132. The van der Waals surface area contributed by atoms with Crippen LogP contribution >= 0.6 is 0 Å². The second-order valence-corrected chi connectivity index (χ2v) is 4.39. The molecule has 9 N–H and O–H groups in total. The maximum absolute atomic E-state index is 10.4. The lowest BCUT2D eigenvalue weighted by atomic mass is 10.2. The van der Waals surface area contributed by atoms with Crippen LogP contribution in [0, 0.1) is 0 Å². The minimum atomic E-state index is -1.00. The van der Waals surface area contributed by atoms with E-state index in [-0.39, 0.29) is 29.2 Å². The predicted octanol–water partition coefficient (Wildman–Crippen LogP) is -2.58. The summed E-state index contributed by atoms with van der Waals surface area (Å²) in [5.41, 5.74) is 15.3. The number of aliphatic imine (C=N–C) groups is 1. The monoisotopic (exact) mass is 330 g/mol. The summed E-state index contributed by atoms with van der Waals surface area (Å²) in [7, 11) is 0. The largest absolute Gasteiger partial charge is 0.480 e. The van der Waals surface area contributed by atoms with Gasteiger partial charge in [0.15, 0.2) is 5.96 Å². The highest BCUT2D eigenvalue weighted by atomic mass is 27.0. The maximum atomic E-state index is 10.4. The second kappa shape index (κ2) is 11.8. The van der Waals surface area contributed by atoms with Crippen LogP contribution in [0.5, 0.6) is 0 Å². The first-order valence-corrected chi connectivity index (χ1v) is 6.30. The summed E-state index contributed by atoms with van der Waals surface area (Å²) in [5, 5.41) is 19.0. The van der Waals surface area contributed by atoms with Crippen molar-refractivity contribution in [1.82, 2.24) is 5.32 Å². The van der Waals surface area contributed by atoms with E-state index in [9.17, 15) is 14.4 Å². The first-order valence-electron chi connectivity index (χ1n) is 6.30. The number of hydrogen-bond acceptors (Lipinski definition) is 5. The molecule has 1 aliphatic heterocycles. The Labute approximate surface area is 138 Å². The topological polar surface area (TPSA) is 194 Å². The van der Waals surface area contributed by atoms with Crippen LogP contribution in [0.2, 0.25) is 0 Å². The number of hydrogen-bond donors (Lipinski definition) is 6. The molecule has 1 amide bonds. The molecule has 0 aromatic heterocycles. The van der Waals surface area contributed by atoms with Crippen molar-refractivity contribution in [1.29, 1.82) is 0 Å². The molecule has 0 spiro atoms. The molecule has 123 valence electrons. The van der Waals surface area contributed by atoms with Gasteiger partial charge in [-0.15, -0.1) is 0 Å². The van der Waals surface area contributed by atoms with Crippen molar-refractivity contribution in [2.75, 3.05) is 6.54 Å². The van der Waals surface area contributed by atoms with E-state index in [1.165, 1.54) is 0 Å². The smallest absolute Gasteiger partial charge is 0.326 e. The number of carboxylic acid groups (broad SMARTS) is 2. The molecule has 11 heteroatoms. The standard InChI is InChI=1S/C6H14N4O2.C5H7NO3.Al/c7-4(5(11)12)2-1-3-10-6(8)9;7-4-2-1-3(6-4)5(8)9;/h4H,1-3,7H2,(H,11,12)(H4,8,9,10);3H,1-2H2,(H,6,7)(H,8,9);/t4-;;/m0../s1. The number of nitrogens with two attached hydrogens (primary N) is 3. The zero-order valence-electron chi connectivity index (χ0n) is 12.1. The molecule has 0 aromatic carbocycles. The first-order chi connectivity index (χ1) is 9.73. The van der Waals surface area contributed by atoms with E-state index in [0.717, 1.165) is 0 Å². The number of nitrogens with zero attached hydrogens (tertiary/aromatic N) is 1. The highest BCUT2D eigenvalue weighted by molar-refractivity contribution is 5.87. The van der Waals surface area contributed by atoms with E-state index in [2.05, 4.69) is 10.3 Å². The zero-order valence-corrected chi connectivity index (χ0v) is 13.2. The van der Waals surface area contributed by atoms with Crippen molar-refractivity contribution in [3.05, 3.63) is 0 Å². The molecule has 1 rings (SSSR count). The van der Waals surface area contributed by atoms with Crippen LogP contribution in [0.25, 0.3) is 0 Å². The molecule has 1 unspecified atom stereocenters. The van der Waals surface area contributed by atoms with Crippen LogP contribution in [0.4, 0.5) is 0 Å².